The quantitative estimate of drug-likeness (QED) is 0.701. The van der Waals surface area contributed by atoms with Gasteiger partial charge in [0.05, 0.1) is 11.4 Å². The lowest BCUT2D eigenvalue weighted by molar-refractivity contribution is -0.141. The minimum absolute atomic E-state index is 0.0589. The number of hydrogen-bond acceptors (Lipinski definition) is 4. The summed E-state index contributed by atoms with van der Waals surface area (Å²) in [4.78, 5) is 16.4. The number of amides is 1. The van der Waals surface area contributed by atoms with Gasteiger partial charge in [-0.25, -0.2) is 4.68 Å². The van der Waals surface area contributed by atoms with Crippen molar-refractivity contribution in [1.82, 2.24) is 20.1 Å². The highest BCUT2D eigenvalue weighted by Crippen LogP contribution is 2.33. The predicted molar refractivity (Wildman–Crippen MR) is 103 cm³/mol. The van der Waals surface area contributed by atoms with Gasteiger partial charge in [-0.3, -0.25) is 9.78 Å². The SMILES string of the molecule is O=C(NC1CCOCC1)c1ccc(-n2nc(C(F)(F)F)cc2-c2cccnc2)cc1. The second-order valence-corrected chi connectivity index (χ2v) is 6.97. The van der Waals surface area contributed by atoms with Crippen LogP contribution in [0.5, 0.6) is 0 Å². The maximum atomic E-state index is 13.3. The Morgan fingerprint density at radius 3 is 2.50 bits per heavy atom. The number of rotatable bonds is 4. The summed E-state index contributed by atoms with van der Waals surface area (Å²) >= 11 is 0. The fraction of sp³-hybridized carbons (Fsp3) is 0.286. The molecule has 0 atom stereocenters. The second kappa shape index (κ2) is 8.27. The van der Waals surface area contributed by atoms with Crippen LogP contribution >= 0.6 is 0 Å². The third-order valence-corrected chi connectivity index (χ3v) is 4.89. The molecule has 0 spiro atoms. The van der Waals surface area contributed by atoms with Crippen molar-refractivity contribution >= 4 is 5.91 Å². The average molecular weight is 416 g/mol. The first kappa shape index (κ1) is 20.1. The summed E-state index contributed by atoms with van der Waals surface area (Å²) in [6.45, 7) is 1.23. The van der Waals surface area contributed by atoms with Crippen LogP contribution in [0.25, 0.3) is 16.9 Å². The summed E-state index contributed by atoms with van der Waals surface area (Å²) < 4.78 is 46.2. The van der Waals surface area contributed by atoms with Crippen molar-refractivity contribution < 1.29 is 22.7 Å². The van der Waals surface area contributed by atoms with Gasteiger partial charge in [-0.15, -0.1) is 0 Å². The molecule has 1 aliphatic heterocycles. The zero-order chi connectivity index (χ0) is 21.1. The number of nitrogens with zero attached hydrogens (tertiary/aromatic N) is 3. The number of carbonyl (C=O) groups is 1. The highest BCUT2D eigenvalue weighted by atomic mass is 19.4. The van der Waals surface area contributed by atoms with E-state index in [1.54, 1.807) is 42.6 Å². The van der Waals surface area contributed by atoms with E-state index in [2.05, 4.69) is 15.4 Å². The largest absolute Gasteiger partial charge is 0.435 e. The van der Waals surface area contributed by atoms with Gasteiger partial charge in [0, 0.05) is 42.8 Å². The molecule has 3 aromatic rings. The van der Waals surface area contributed by atoms with E-state index in [1.807, 2.05) is 0 Å². The van der Waals surface area contributed by atoms with Crippen LogP contribution in [0, 0.1) is 0 Å². The molecular weight excluding hydrogens is 397 g/mol. The molecule has 0 saturated carbocycles. The van der Waals surface area contributed by atoms with Gasteiger partial charge in [-0.2, -0.15) is 18.3 Å². The van der Waals surface area contributed by atoms with Crippen molar-refractivity contribution in [2.24, 2.45) is 0 Å². The van der Waals surface area contributed by atoms with Gasteiger partial charge in [0.1, 0.15) is 0 Å². The van der Waals surface area contributed by atoms with Crippen molar-refractivity contribution in [3.63, 3.8) is 0 Å². The van der Waals surface area contributed by atoms with Crippen molar-refractivity contribution in [3.8, 4) is 16.9 Å². The van der Waals surface area contributed by atoms with Crippen LogP contribution in [-0.4, -0.2) is 39.9 Å². The number of aromatic nitrogens is 3. The molecule has 0 bridgehead atoms. The first-order valence-electron chi connectivity index (χ1n) is 9.48. The molecule has 0 radical (unpaired) electrons. The number of benzene rings is 1. The zero-order valence-corrected chi connectivity index (χ0v) is 15.9. The van der Waals surface area contributed by atoms with Crippen LogP contribution in [0.2, 0.25) is 0 Å². The molecule has 0 unspecified atom stereocenters. The molecule has 1 fully saturated rings. The van der Waals surface area contributed by atoms with Crippen LogP contribution in [0.15, 0.2) is 54.9 Å². The lowest BCUT2D eigenvalue weighted by Gasteiger charge is -2.23. The minimum atomic E-state index is -4.58. The Morgan fingerprint density at radius 2 is 1.87 bits per heavy atom. The summed E-state index contributed by atoms with van der Waals surface area (Å²) in [7, 11) is 0. The normalized spacial score (nSPS) is 15.2. The second-order valence-electron chi connectivity index (χ2n) is 6.97. The summed E-state index contributed by atoms with van der Waals surface area (Å²) in [6.07, 6.45) is -0.0482. The number of carbonyl (C=O) groups excluding carboxylic acids is 1. The number of pyridine rings is 1. The maximum absolute atomic E-state index is 13.3. The summed E-state index contributed by atoms with van der Waals surface area (Å²) in [5, 5.41) is 6.70. The molecule has 2 aromatic heterocycles. The Kier molecular flexibility index (Phi) is 5.54. The molecule has 6 nitrogen and oxygen atoms in total. The van der Waals surface area contributed by atoms with Crippen molar-refractivity contribution in [2.75, 3.05) is 13.2 Å². The topological polar surface area (TPSA) is 69.0 Å². The number of ether oxygens (including phenoxy) is 1. The summed E-state index contributed by atoms with van der Waals surface area (Å²) in [6, 6.07) is 10.7. The molecule has 156 valence electrons. The number of hydrogen-bond donors (Lipinski definition) is 1. The standard InChI is InChI=1S/C21H19F3N4O2/c22-21(23,24)19-12-18(15-2-1-9-25-13-15)28(27-19)17-5-3-14(4-6-17)20(29)26-16-7-10-30-11-8-16/h1-6,9,12-13,16H,7-8,10-11H2,(H,26,29). The van der Waals surface area contributed by atoms with Crippen molar-refractivity contribution in [1.29, 1.82) is 0 Å². The third-order valence-electron chi connectivity index (χ3n) is 4.89. The van der Waals surface area contributed by atoms with Crippen LogP contribution in [0.1, 0.15) is 28.9 Å². The Bertz CT molecular complexity index is 1010. The smallest absolute Gasteiger partial charge is 0.381 e. The molecule has 1 saturated heterocycles. The third kappa shape index (κ3) is 4.35. The molecule has 3 heterocycles. The fourth-order valence-electron chi connectivity index (χ4n) is 3.30. The van der Waals surface area contributed by atoms with Crippen LogP contribution in [0.3, 0.4) is 0 Å². The fourth-order valence-corrected chi connectivity index (χ4v) is 3.30. The van der Waals surface area contributed by atoms with E-state index < -0.39 is 11.9 Å². The molecular formula is C21H19F3N4O2. The monoisotopic (exact) mass is 416 g/mol. The van der Waals surface area contributed by atoms with Crippen LogP contribution in [0.4, 0.5) is 13.2 Å². The van der Waals surface area contributed by atoms with E-state index in [-0.39, 0.29) is 17.6 Å². The average Bonchev–Trinajstić information content (AvgIpc) is 3.21. The summed E-state index contributed by atoms with van der Waals surface area (Å²) in [5.74, 6) is -0.225. The Labute approximate surface area is 170 Å². The molecule has 1 N–H and O–H groups in total. The van der Waals surface area contributed by atoms with E-state index in [4.69, 9.17) is 4.74 Å². The lowest BCUT2D eigenvalue weighted by atomic mass is 10.1. The van der Waals surface area contributed by atoms with E-state index in [9.17, 15) is 18.0 Å². The Morgan fingerprint density at radius 1 is 1.13 bits per heavy atom. The van der Waals surface area contributed by atoms with Crippen molar-refractivity contribution in [2.45, 2.75) is 25.1 Å². The Hall–Kier alpha value is -3.20. The predicted octanol–water partition coefficient (Wildman–Crippen LogP) is 3.86. The molecule has 1 amide bonds. The van der Waals surface area contributed by atoms with Gasteiger partial charge in [-0.05, 0) is 55.3 Å². The minimum Gasteiger partial charge on any atom is -0.381 e. The molecule has 9 heteroatoms. The Balaban J connectivity index is 1.62. The van der Waals surface area contributed by atoms with Gasteiger partial charge in [-0.1, -0.05) is 0 Å². The number of halogens is 3. The highest BCUT2D eigenvalue weighted by molar-refractivity contribution is 5.94. The maximum Gasteiger partial charge on any atom is 0.435 e. The van der Waals surface area contributed by atoms with E-state index >= 15 is 0 Å². The molecule has 1 aromatic carbocycles. The summed E-state index contributed by atoms with van der Waals surface area (Å²) in [5.41, 5.74) is 0.600. The van der Waals surface area contributed by atoms with Gasteiger partial charge in [0.25, 0.3) is 5.91 Å². The van der Waals surface area contributed by atoms with Crippen molar-refractivity contribution in [3.05, 3.63) is 66.1 Å². The van der Waals surface area contributed by atoms with Gasteiger partial charge in [0.15, 0.2) is 5.69 Å². The van der Waals surface area contributed by atoms with E-state index in [1.165, 1.54) is 10.9 Å². The van der Waals surface area contributed by atoms with Gasteiger partial charge in [0.2, 0.25) is 0 Å². The number of alkyl halides is 3. The first-order chi connectivity index (χ1) is 14.4. The van der Waals surface area contributed by atoms with E-state index in [0.717, 1.165) is 18.9 Å². The van der Waals surface area contributed by atoms with Crippen LogP contribution in [-0.2, 0) is 10.9 Å². The van der Waals surface area contributed by atoms with Gasteiger partial charge < -0.3 is 10.1 Å². The van der Waals surface area contributed by atoms with Crippen LogP contribution < -0.4 is 5.32 Å². The molecule has 0 aliphatic carbocycles. The number of nitrogens with one attached hydrogen (secondary N) is 1. The first-order valence-corrected chi connectivity index (χ1v) is 9.48. The van der Waals surface area contributed by atoms with Gasteiger partial charge >= 0.3 is 6.18 Å². The molecule has 1 aliphatic rings. The zero-order valence-electron chi connectivity index (χ0n) is 15.9. The molecule has 4 rings (SSSR count). The van der Waals surface area contributed by atoms with E-state index in [0.29, 0.717) is 30.0 Å². The lowest BCUT2D eigenvalue weighted by Crippen LogP contribution is -2.38. The molecule has 30 heavy (non-hydrogen) atoms. The highest BCUT2D eigenvalue weighted by Gasteiger charge is 2.35.